The number of β-amino-alcohol motifs (C(OH)–C–C–N with tert-alkyl or cyclic N) is 1. The molecule has 1 aliphatic rings. The largest absolute Gasteiger partial charge is 0.392 e. The van der Waals surface area contributed by atoms with Crippen LogP contribution in [0.1, 0.15) is 20.3 Å². The lowest BCUT2D eigenvalue weighted by Crippen LogP contribution is -2.54. The van der Waals surface area contributed by atoms with E-state index in [-0.39, 0.29) is 22.8 Å². The molecule has 2 atom stereocenters. The topological polar surface area (TPSA) is 82.7 Å². The average Bonchev–Trinajstić information content (AvgIpc) is 2.60. The molecule has 3 rings (SSSR count). The SMILES string of the molecule is CC[C@H]1CN(c2cc3ccc(Cl)nc3cc2[N+](=O)[O-])CCN1C[C@@H](C)O. The van der Waals surface area contributed by atoms with Gasteiger partial charge in [-0.25, -0.2) is 4.98 Å². The molecule has 1 aliphatic heterocycles. The van der Waals surface area contributed by atoms with Gasteiger partial charge >= 0.3 is 0 Å². The molecule has 8 heteroatoms. The Morgan fingerprint density at radius 2 is 2.19 bits per heavy atom. The van der Waals surface area contributed by atoms with E-state index in [9.17, 15) is 15.2 Å². The number of piperazine rings is 1. The molecule has 0 aliphatic carbocycles. The van der Waals surface area contributed by atoms with Crippen LogP contribution in [-0.4, -0.2) is 58.2 Å². The first-order valence-electron chi connectivity index (χ1n) is 8.80. The summed E-state index contributed by atoms with van der Waals surface area (Å²) in [5, 5.41) is 22.5. The van der Waals surface area contributed by atoms with Crippen molar-refractivity contribution in [2.45, 2.75) is 32.4 Å². The van der Waals surface area contributed by atoms with E-state index in [1.165, 1.54) is 6.07 Å². The summed E-state index contributed by atoms with van der Waals surface area (Å²) >= 11 is 5.92. The fraction of sp³-hybridized carbons (Fsp3) is 0.500. The Hall–Kier alpha value is -1.96. The van der Waals surface area contributed by atoms with Crippen molar-refractivity contribution < 1.29 is 10.0 Å². The highest BCUT2D eigenvalue weighted by Crippen LogP contribution is 2.34. The lowest BCUT2D eigenvalue weighted by molar-refractivity contribution is -0.384. The van der Waals surface area contributed by atoms with Crippen LogP contribution >= 0.6 is 11.6 Å². The Balaban J connectivity index is 1.95. The van der Waals surface area contributed by atoms with Crippen LogP contribution in [-0.2, 0) is 0 Å². The van der Waals surface area contributed by atoms with Crippen LogP contribution in [0.5, 0.6) is 0 Å². The molecule has 1 N–H and O–H groups in total. The Bertz CT molecular complexity index is 814. The number of nitro groups is 1. The van der Waals surface area contributed by atoms with Gasteiger partial charge in [0.2, 0.25) is 0 Å². The molecule has 7 nitrogen and oxygen atoms in total. The molecule has 1 fully saturated rings. The first kappa shape index (κ1) is 18.8. The second-order valence-corrected chi connectivity index (χ2v) is 7.16. The maximum Gasteiger partial charge on any atom is 0.294 e. The lowest BCUT2D eigenvalue weighted by Gasteiger charge is -2.42. The van der Waals surface area contributed by atoms with Crippen LogP contribution in [0, 0.1) is 10.1 Å². The predicted octanol–water partition coefficient (Wildman–Crippen LogP) is 3.08. The van der Waals surface area contributed by atoms with Crippen LogP contribution in [0.3, 0.4) is 0 Å². The maximum absolute atomic E-state index is 11.6. The van der Waals surface area contributed by atoms with Crippen molar-refractivity contribution >= 4 is 33.9 Å². The minimum absolute atomic E-state index is 0.0473. The number of hydrogen-bond acceptors (Lipinski definition) is 6. The van der Waals surface area contributed by atoms with E-state index in [0.717, 1.165) is 18.4 Å². The van der Waals surface area contributed by atoms with Gasteiger partial charge in [-0.3, -0.25) is 15.0 Å². The van der Waals surface area contributed by atoms with E-state index in [4.69, 9.17) is 11.6 Å². The van der Waals surface area contributed by atoms with Gasteiger partial charge in [-0.2, -0.15) is 0 Å². The molecular formula is C18H23ClN4O3. The first-order valence-corrected chi connectivity index (χ1v) is 9.18. The summed E-state index contributed by atoms with van der Waals surface area (Å²) in [4.78, 5) is 19.8. The smallest absolute Gasteiger partial charge is 0.294 e. The highest BCUT2D eigenvalue weighted by Gasteiger charge is 2.30. The molecule has 0 saturated carbocycles. The molecule has 0 spiro atoms. The van der Waals surface area contributed by atoms with Gasteiger partial charge in [0.15, 0.2) is 0 Å². The summed E-state index contributed by atoms with van der Waals surface area (Å²) in [5.74, 6) is 0. The minimum atomic E-state index is -0.388. The molecule has 1 aromatic carbocycles. The number of benzene rings is 1. The van der Waals surface area contributed by atoms with E-state index in [1.807, 2.05) is 12.1 Å². The number of halogens is 1. The van der Waals surface area contributed by atoms with E-state index in [2.05, 4.69) is 21.7 Å². The van der Waals surface area contributed by atoms with E-state index < -0.39 is 0 Å². The summed E-state index contributed by atoms with van der Waals surface area (Å²) in [5.41, 5.74) is 1.18. The number of pyridine rings is 1. The number of nitrogens with zero attached hydrogens (tertiary/aromatic N) is 4. The number of aromatic nitrogens is 1. The second kappa shape index (κ2) is 7.73. The summed E-state index contributed by atoms with van der Waals surface area (Å²) in [7, 11) is 0. The molecular weight excluding hydrogens is 356 g/mol. The number of aliphatic hydroxyl groups excluding tert-OH is 1. The zero-order chi connectivity index (χ0) is 18.8. The molecule has 2 heterocycles. The molecule has 0 unspecified atom stereocenters. The third kappa shape index (κ3) is 3.90. The number of anilines is 1. The highest BCUT2D eigenvalue weighted by molar-refractivity contribution is 6.29. The Labute approximate surface area is 157 Å². The molecule has 26 heavy (non-hydrogen) atoms. The van der Waals surface area contributed by atoms with E-state index in [1.54, 1.807) is 13.0 Å². The number of fused-ring (bicyclic) bond motifs is 1. The number of nitro benzene ring substituents is 1. The van der Waals surface area contributed by atoms with Crippen molar-refractivity contribution in [2.75, 3.05) is 31.1 Å². The van der Waals surface area contributed by atoms with Crippen molar-refractivity contribution in [3.63, 3.8) is 0 Å². The maximum atomic E-state index is 11.6. The standard InChI is InChI=1S/C18H23ClN4O3/c1-3-14-11-22(7-6-21(14)10-12(2)24)16-8-13-4-5-18(19)20-15(13)9-17(16)23(25)26/h4-5,8-9,12,14,24H,3,6-7,10-11H2,1-2H3/t12-,14+/m1/s1. The quantitative estimate of drug-likeness (QED) is 0.489. The lowest BCUT2D eigenvalue weighted by atomic mass is 10.1. The van der Waals surface area contributed by atoms with Gasteiger partial charge in [0.1, 0.15) is 10.8 Å². The van der Waals surface area contributed by atoms with Crippen molar-refractivity contribution in [3.8, 4) is 0 Å². The Morgan fingerprint density at radius 1 is 1.42 bits per heavy atom. The zero-order valence-corrected chi connectivity index (χ0v) is 15.7. The van der Waals surface area contributed by atoms with Gasteiger partial charge in [0, 0.05) is 43.7 Å². The molecule has 0 bridgehead atoms. The van der Waals surface area contributed by atoms with E-state index in [0.29, 0.717) is 36.0 Å². The van der Waals surface area contributed by atoms with Crippen LogP contribution in [0.15, 0.2) is 24.3 Å². The highest BCUT2D eigenvalue weighted by atomic mass is 35.5. The minimum Gasteiger partial charge on any atom is -0.392 e. The molecule has 2 aromatic rings. The average molecular weight is 379 g/mol. The zero-order valence-electron chi connectivity index (χ0n) is 14.9. The molecule has 1 saturated heterocycles. The summed E-state index contributed by atoms with van der Waals surface area (Å²) in [6.45, 7) is 6.63. The van der Waals surface area contributed by atoms with Crippen LogP contribution < -0.4 is 4.90 Å². The Morgan fingerprint density at radius 3 is 2.85 bits per heavy atom. The monoisotopic (exact) mass is 378 g/mol. The predicted molar refractivity (Wildman–Crippen MR) is 103 cm³/mol. The summed E-state index contributed by atoms with van der Waals surface area (Å²) in [6, 6.07) is 7.10. The van der Waals surface area contributed by atoms with Crippen molar-refractivity contribution in [3.05, 3.63) is 39.5 Å². The normalized spacial score (nSPS) is 19.7. The molecule has 0 amide bonds. The van der Waals surface area contributed by atoms with Crippen LogP contribution in [0.25, 0.3) is 10.9 Å². The van der Waals surface area contributed by atoms with Crippen molar-refractivity contribution in [1.29, 1.82) is 0 Å². The van der Waals surface area contributed by atoms with Crippen LogP contribution in [0.2, 0.25) is 5.15 Å². The first-order chi connectivity index (χ1) is 12.4. The van der Waals surface area contributed by atoms with Crippen molar-refractivity contribution in [1.82, 2.24) is 9.88 Å². The summed E-state index contributed by atoms with van der Waals surface area (Å²) in [6.07, 6.45) is 0.531. The molecule has 1 aromatic heterocycles. The third-order valence-electron chi connectivity index (χ3n) is 4.86. The fourth-order valence-electron chi connectivity index (χ4n) is 3.60. The van der Waals surface area contributed by atoms with Gasteiger partial charge in [-0.05, 0) is 31.5 Å². The molecule has 140 valence electrons. The van der Waals surface area contributed by atoms with Crippen LogP contribution in [0.4, 0.5) is 11.4 Å². The molecule has 0 radical (unpaired) electrons. The summed E-state index contributed by atoms with van der Waals surface area (Å²) < 4.78 is 0. The van der Waals surface area contributed by atoms with Crippen molar-refractivity contribution in [2.24, 2.45) is 0 Å². The Kier molecular flexibility index (Phi) is 5.60. The van der Waals surface area contributed by atoms with Gasteiger partial charge < -0.3 is 10.0 Å². The fourth-order valence-corrected chi connectivity index (χ4v) is 3.76. The second-order valence-electron chi connectivity index (χ2n) is 6.78. The van der Waals surface area contributed by atoms with Gasteiger partial charge in [-0.1, -0.05) is 18.5 Å². The van der Waals surface area contributed by atoms with Gasteiger partial charge in [0.05, 0.1) is 16.5 Å². The van der Waals surface area contributed by atoms with E-state index >= 15 is 0 Å². The number of aliphatic hydroxyl groups is 1. The number of hydrogen-bond donors (Lipinski definition) is 1. The third-order valence-corrected chi connectivity index (χ3v) is 5.07. The van der Waals surface area contributed by atoms with Gasteiger partial charge in [-0.15, -0.1) is 0 Å². The van der Waals surface area contributed by atoms with Gasteiger partial charge in [0.25, 0.3) is 5.69 Å². The number of rotatable bonds is 5.